The predicted molar refractivity (Wildman–Crippen MR) is 77.1 cm³/mol. The maximum atomic E-state index is 12.9. The van der Waals surface area contributed by atoms with E-state index < -0.39 is 12.0 Å². The first kappa shape index (κ1) is 17.1. The molecule has 0 bridgehead atoms. The van der Waals surface area contributed by atoms with E-state index in [-0.39, 0.29) is 15.7 Å². The maximum Gasteiger partial charge on any atom is 0.452 e. The molecule has 0 heterocycles. The van der Waals surface area contributed by atoms with Gasteiger partial charge in [0.2, 0.25) is 0 Å². The minimum absolute atomic E-state index is 0.0268. The summed E-state index contributed by atoms with van der Waals surface area (Å²) >= 11 is 17.1. The van der Waals surface area contributed by atoms with Crippen molar-refractivity contribution in [2.75, 3.05) is 4.42 Å². The zero-order valence-corrected chi connectivity index (χ0v) is 12.6. The molecule has 1 rings (SSSR count). The smallest absolute Gasteiger partial charge is 0.230 e. The van der Waals surface area contributed by atoms with Crippen molar-refractivity contribution < 1.29 is 13.2 Å². The van der Waals surface area contributed by atoms with Gasteiger partial charge in [-0.25, -0.2) is 4.42 Å². The van der Waals surface area contributed by atoms with E-state index in [1.54, 1.807) is 0 Å². The Kier molecular flexibility index (Phi) is 5.68. The molecule has 0 aliphatic carbocycles. The molecule has 0 aromatic heterocycles. The SMILES string of the molecule is CC(C)=N/N=C(\N(Cl)c1ccc(Cl)c(Cl)c1)C(F)(F)F. The first-order chi connectivity index (χ1) is 9.12. The van der Waals surface area contributed by atoms with Crippen LogP contribution in [0.2, 0.25) is 10.0 Å². The Morgan fingerprint density at radius 3 is 2.15 bits per heavy atom. The Labute approximate surface area is 128 Å². The molecule has 0 radical (unpaired) electrons. The van der Waals surface area contributed by atoms with Crippen LogP contribution in [0.3, 0.4) is 0 Å². The van der Waals surface area contributed by atoms with E-state index in [2.05, 4.69) is 10.2 Å². The van der Waals surface area contributed by atoms with Gasteiger partial charge in [0.25, 0.3) is 5.84 Å². The quantitative estimate of drug-likeness (QED) is 0.309. The van der Waals surface area contributed by atoms with E-state index in [0.29, 0.717) is 10.1 Å². The molecular formula is C11H9Cl3F3N3. The lowest BCUT2D eigenvalue weighted by atomic mass is 10.3. The largest absolute Gasteiger partial charge is 0.452 e. The Hall–Kier alpha value is -0.980. The lowest BCUT2D eigenvalue weighted by Crippen LogP contribution is -2.35. The highest BCUT2D eigenvalue weighted by Gasteiger charge is 2.41. The number of alkyl halides is 3. The molecule has 0 unspecified atom stereocenters. The number of nitrogens with zero attached hydrogens (tertiary/aromatic N) is 3. The molecule has 3 nitrogen and oxygen atoms in total. The molecule has 0 aliphatic heterocycles. The number of halogens is 6. The third-order valence-electron chi connectivity index (χ3n) is 1.91. The van der Waals surface area contributed by atoms with Crippen LogP contribution in [0, 0.1) is 0 Å². The minimum atomic E-state index is -4.77. The summed E-state index contributed by atoms with van der Waals surface area (Å²) in [6.45, 7) is 3.02. The van der Waals surface area contributed by atoms with E-state index >= 15 is 0 Å². The summed E-state index contributed by atoms with van der Waals surface area (Å²) in [6, 6.07) is 3.81. The van der Waals surface area contributed by atoms with E-state index in [0.717, 1.165) is 0 Å². The standard InChI is InChI=1S/C11H9Cl3F3N3/c1-6(2)18-19-10(11(15,16)17)20(14)7-3-4-8(12)9(13)5-7/h3-5H,1-2H3/b19-10-. The van der Waals surface area contributed by atoms with E-state index in [9.17, 15) is 13.2 Å². The van der Waals surface area contributed by atoms with Gasteiger partial charge < -0.3 is 0 Å². The predicted octanol–water partition coefficient (Wildman–Crippen LogP) is 5.31. The molecule has 0 saturated carbocycles. The van der Waals surface area contributed by atoms with Gasteiger partial charge in [-0.15, -0.1) is 5.10 Å². The Morgan fingerprint density at radius 1 is 1.10 bits per heavy atom. The Morgan fingerprint density at radius 2 is 1.70 bits per heavy atom. The average Bonchev–Trinajstić information content (AvgIpc) is 2.30. The fraction of sp³-hybridized carbons (Fsp3) is 0.273. The summed E-state index contributed by atoms with van der Waals surface area (Å²) in [5.41, 5.74) is 0.326. The third-order valence-corrected chi connectivity index (χ3v) is 3.01. The fourth-order valence-electron chi connectivity index (χ4n) is 1.08. The second-order valence-corrected chi connectivity index (χ2v) is 5.00. The molecule has 0 amide bonds. The second kappa shape index (κ2) is 6.65. The highest BCUT2D eigenvalue weighted by atomic mass is 35.5. The monoisotopic (exact) mass is 345 g/mol. The highest BCUT2D eigenvalue weighted by Crippen LogP contribution is 2.31. The van der Waals surface area contributed by atoms with E-state index in [1.807, 2.05) is 0 Å². The zero-order valence-electron chi connectivity index (χ0n) is 10.3. The van der Waals surface area contributed by atoms with E-state index in [1.165, 1.54) is 32.0 Å². The zero-order chi connectivity index (χ0) is 15.5. The summed E-state index contributed by atoms with van der Waals surface area (Å²) in [5.74, 6) is -1.38. The number of hydrogen-bond acceptors (Lipinski definition) is 2. The van der Waals surface area contributed by atoms with Crippen molar-refractivity contribution in [3.05, 3.63) is 28.2 Å². The second-order valence-electron chi connectivity index (χ2n) is 3.85. The Balaban J connectivity index is 3.23. The molecule has 0 fully saturated rings. The average molecular weight is 347 g/mol. The highest BCUT2D eigenvalue weighted by molar-refractivity contribution is 6.43. The molecule has 1 aromatic carbocycles. The van der Waals surface area contributed by atoms with Crippen molar-refractivity contribution in [2.24, 2.45) is 10.2 Å². The summed E-state index contributed by atoms with van der Waals surface area (Å²) in [4.78, 5) is 0. The summed E-state index contributed by atoms with van der Waals surface area (Å²) in [7, 11) is 0. The van der Waals surface area contributed by atoms with Gasteiger partial charge in [-0.2, -0.15) is 18.3 Å². The lowest BCUT2D eigenvalue weighted by Gasteiger charge is -2.19. The number of anilines is 1. The van der Waals surface area contributed by atoms with Crippen LogP contribution in [-0.2, 0) is 0 Å². The van der Waals surface area contributed by atoms with Gasteiger partial charge in [-0.05, 0) is 32.0 Å². The number of amidine groups is 1. The first-order valence-electron chi connectivity index (χ1n) is 5.20. The van der Waals surface area contributed by atoms with Crippen molar-refractivity contribution in [3.8, 4) is 0 Å². The van der Waals surface area contributed by atoms with Gasteiger partial charge in [-0.3, -0.25) is 0 Å². The molecule has 0 aliphatic rings. The van der Waals surface area contributed by atoms with Crippen molar-refractivity contribution in [1.82, 2.24) is 0 Å². The van der Waals surface area contributed by atoms with Crippen LogP contribution < -0.4 is 4.42 Å². The number of benzene rings is 1. The third kappa shape index (κ3) is 4.54. The van der Waals surface area contributed by atoms with Gasteiger partial charge in [0, 0.05) is 17.5 Å². The van der Waals surface area contributed by atoms with Gasteiger partial charge in [0.1, 0.15) is 0 Å². The molecule has 1 aromatic rings. The van der Waals surface area contributed by atoms with Crippen LogP contribution in [0.15, 0.2) is 28.4 Å². The van der Waals surface area contributed by atoms with Crippen LogP contribution in [0.1, 0.15) is 13.8 Å². The van der Waals surface area contributed by atoms with Gasteiger partial charge >= 0.3 is 6.18 Å². The van der Waals surface area contributed by atoms with Crippen molar-refractivity contribution in [2.45, 2.75) is 20.0 Å². The van der Waals surface area contributed by atoms with Crippen LogP contribution in [0.5, 0.6) is 0 Å². The van der Waals surface area contributed by atoms with Gasteiger partial charge in [0.15, 0.2) is 0 Å². The van der Waals surface area contributed by atoms with Crippen LogP contribution >= 0.6 is 35.0 Å². The summed E-state index contributed by atoms with van der Waals surface area (Å²) < 4.78 is 39.0. The molecule has 9 heteroatoms. The van der Waals surface area contributed by atoms with Crippen molar-refractivity contribution in [3.63, 3.8) is 0 Å². The summed E-state index contributed by atoms with van der Waals surface area (Å²) in [6.07, 6.45) is -4.77. The Bertz CT molecular complexity index is 552. The maximum absolute atomic E-state index is 12.9. The lowest BCUT2D eigenvalue weighted by molar-refractivity contribution is -0.0596. The van der Waals surface area contributed by atoms with Gasteiger partial charge in [0.05, 0.1) is 15.7 Å². The number of rotatable bonds is 2. The van der Waals surface area contributed by atoms with E-state index in [4.69, 9.17) is 35.0 Å². The molecule has 110 valence electrons. The van der Waals surface area contributed by atoms with Gasteiger partial charge in [-0.1, -0.05) is 23.2 Å². The molecule has 0 N–H and O–H groups in total. The molecule has 20 heavy (non-hydrogen) atoms. The first-order valence-corrected chi connectivity index (χ1v) is 6.29. The summed E-state index contributed by atoms with van der Waals surface area (Å²) in [5, 5.41) is 6.78. The van der Waals surface area contributed by atoms with Crippen molar-refractivity contribution >= 4 is 52.2 Å². The van der Waals surface area contributed by atoms with Crippen molar-refractivity contribution in [1.29, 1.82) is 0 Å². The number of hydrogen-bond donors (Lipinski definition) is 0. The topological polar surface area (TPSA) is 28.0 Å². The minimum Gasteiger partial charge on any atom is -0.230 e. The molecule has 0 spiro atoms. The normalized spacial score (nSPS) is 12.3. The molecular weight excluding hydrogens is 337 g/mol. The van der Waals surface area contributed by atoms with Crippen LogP contribution in [0.4, 0.5) is 18.9 Å². The van der Waals surface area contributed by atoms with Crippen LogP contribution in [0.25, 0.3) is 0 Å². The molecule has 0 atom stereocenters. The van der Waals surface area contributed by atoms with Crippen LogP contribution in [-0.4, -0.2) is 17.7 Å². The molecule has 0 saturated heterocycles. The fourth-order valence-corrected chi connectivity index (χ4v) is 1.61.